The van der Waals surface area contributed by atoms with E-state index < -0.39 is 0 Å². The Bertz CT molecular complexity index is 746. The summed E-state index contributed by atoms with van der Waals surface area (Å²) >= 11 is 0. The van der Waals surface area contributed by atoms with Gasteiger partial charge >= 0.3 is 0 Å². The van der Waals surface area contributed by atoms with Gasteiger partial charge < -0.3 is 14.6 Å². The minimum Gasteiger partial charge on any atom is -0.497 e. The van der Waals surface area contributed by atoms with E-state index in [1.165, 1.54) is 0 Å². The molecule has 0 radical (unpaired) electrons. The van der Waals surface area contributed by atoms with E-state index in [1.54, 1.807) is 7.11 Å². The Labute approximate surface area is 136 Å². The molecule has 0 heterocycles. The summed E-state index contributed by atoms with van der Waals surface area (Å²) in [5.74, 6) is 1.43. The van der Waals surface area contributed by atoms with Crippen LogP contribution in [0, 0.1) is 0 Å². The topological polar surface area (TPSA) is 38.7 Å². The van der Waals surface area contributed by atoms with Crippen molar-refractivity contribution < 1.29 is 14.6 Å². The number of hydrogen-bond donors (Lipinski definition) is 1. The van der Waals surface area contributed by atoms with E-state index in [9.17, 15) is 0 Å². The van der Waals surface area contributed by atoms with Gasteiger partial charge in [-0.05, 0) is 11.5 Å². The third kappa shape index (κ3) is 4.59. The number of benzene rings is 3. The molecule has 0 amide bonds. The number of hydrogen-bond acceptors (Lipinski definition) is 3. The molecule has 3 aromatic carbocycles. The Hall–Kier alpha value is -2.78. The molecule has 3 rings (SSSR count). The maximum absolute atomic E-state index is 8.66. The number of rotatable bonds is 4. The van der Waals surface area contributed by atoms with Crippen LogP contribution in [0.3, 0.4) is 0 Å². The van der Waals surface area contributed by atoms with Crippen molar-refractivity contribution in [3.05, 3.63) is 84.9 Å². The molecular weight excluding hydrogens is 288 g/mol. The van der Waals surface area contributed by atoms with Crippen LogP contribution in [-0.2, 0) is 4.74 Å². The van der Waals surface area contributed by atoms with Gasteiger partial charge in [0, 0.05) is 10.9 Å². The molecule has 0 saturated heterocycles. The van der Waals surface area contributed by atoms with Crippen LogP contribution in [0.25, 0.3) is 16.5 Å². The molecule has 0 aliphatic heterocycles. The molecule has 0 aromatic heterocycles. The first-order chi connectivity index (χ1) is 11.3. The molecule has 1 N–H and O–H groups in total. The maximum Gasteiger partial charge on any atom is 0.186 e. The maximum atomic E-state index is 8.66. The highest BCUT2D eigenvalue weighted by atomic mass is 16.6. The van der Waals surface area contributed by atoms with E-state index in [4.69, 9.17) is 14.6 Å². The third-order valence-corrected chi connectivity index (χ3v) is 3.31. The normalized spacial score (nSPS) is 9.65. The predicted octanol–water partition coefficient (Wildman–Crippen LogP) is 4.47. The lowest BCUT2D eigenvalue weighted by Gasteiger charge is -2.05. The average molecular weight is 308 g/mol. The average Bonchev–Trinajstić information content (AvgIpc) is 2.63. The Kier molecular flexibility index (Phi) is 6.21. The molecule has 0 atom stereocenters. The van der Waals surface area contributed by atoms with E-state index in [2.05, 4.69) is 6.58 Å². The van der Waals surface area contributed by atoms with Crippen molar-refractivity contribution in [1.82, 2.24) is 0 Å². The lowest BCUT2D eigenvalue weighted by Crippen LogP contribution is -1.94. The van der Waals surface area contributed by atoms with Gasteiger partial charge in [0.05, 0.1) is 7.11 Å². The standard InChI is InChI=1S/C11H10O2.C9H10O/c12-8-13-11-7-3-5-9-4-1-2-6-10(9)11;1-8(10-2)9-6-4-3-5-7-9/h1-7,12H,8H2;3-7H,1H2,2H3. The summed E-state index contributed by atoms with van der Waals surface area (Å²) in [6.45, 7) is 3.44. The molecule has 118 valence electrons. The molecule has 3 heteroatoms. The van der Waals surface area contributed by atoms with Gasteiger partial charge in [0.25, 0.3) is 0 Å². The highest BCUT2D eigenvalue weighted by molar-refractivity contribution is 5.88. The highest BCUT2D eigenvalue weighted by Gasteiger charge is 1.98. The molecule has 3 aromatic rings. The van der Waals surface area contributed by atoms with Crippen molar-refractivity contribution in [1.29, 1.82) is 0 Å². The minimum absolute atomic E-state index is 0.284. The van der Waals surface area contributed by atoms with Crippen LogP contribution in [0.5, 0.6) is 5.75 Å². The van der Waals surface area contributed by atoms with E-state index in [1.807, 2.05) is 72.8 Å². The van der Waals surface area contributed by atoms with Gasteiger partial charge in [-0.25, -0.2) is 0 Å². The largest absolute Gasteiger partial charge is 0.497 e. The van der Waals surface area contributed by atoms with Gasteiger partial charge in [-0.2, -0.15) is 0 Å². The SMILES string of the molecule is C=C(OC)c1ccccc1.OCOc1cccc2ccccc12. The molecule has 3 nitrogen and oxygen atoms in total. The summed E-state index contributed by atoms with van der Waals surface area (Å²) in [5.41, 5.74) is 1.03. The predicted molar refractivity (Wildman–Crippen MR) is 94.1 cm³/mol. The second kappa shape index (κ2) is 8.61. The van der Waals surface area contributed by atoms with Crippen LogP contribution in [-0.4, -0.2) is 19.0 Å². The summed E-state index contributed by atoms with van der Waals surface area (Å²) in [6.07, 6.45) is 0. The highest BCUT2D eigenvalue weighted by Crippen LogP contribution is 2.24. The molecule has 0 saturated carbocycles. The summed E-state index contributed by atoms with van der Waals surface area (Å²) in [6, 6.07) is 23.5. The summed E-state index contributed by atoms with van der Waals surface area (Å²) in [7, 11) is 1.62. The van der Waals surface area contributed by atoms with Gasteiger partial charge in [-0.1, -0.05) is 73.3 Å². The van der Waals surface area contributed by atoms with Crippen LogP contribution in [0.15, 0.2) is 79.4 Å². The Morgan fingerprint density at radius 3 is 2.26 bits per heavy atom. The Balaban J connectivity index is 0.000000174. The fourth-order valence-corrected chi connectivity index (χ4v) is 2.13. The Morgan fingerprint density at radius 2 is 1.57 bits per heavy atom. The molecule has 23 heavy (non-hydrogen) atoms. The van der Waals surface area contributed by atoms with Crippen LogP contribution in [0.4, 0.5) is 0 Å². The Morgan fingerprint density at radius 1 is 0.913 bits per heavy atom. The number of aliphatic hydroxyl groups excluding tert-OH is 1. The number of fused-ring (bicyclic) bond motifs is 1. The van der Waals surface area contributed by atoms with Crippen LogP contribution in [0.2, 0.25) is 0 Å². The quantitative estimate of drug-likeness (QED) is 0.571. The summed E-state index contributed by atoms with van der Waals surface area (Å²) < 4.78 is 10.0. The van der Waals surface area contributed by atoms with E-state index in [0.717, 1.165) is 22.1 Å². The summed E-state index contributed by atoms with van der Waals surface area (Å²) in [5, 5.41) is 10.8. The molecule has 0 spiro atoms. The van der Waals surface area contributed by atoms with Crippen molar-refractivity contribution in [2.45, 2.75) is 0 Å². The first-order valence-electron chi connectivity index (χ1n) is 7.26. The summed E-state index contributed by atoms with van der Waals surface area (Å²) in [4.78, 5) is 0. The number of ether oxygens (including phenoxy) is 2. The van der Waals surface area contributed by atoms with Crippen molar-refractivity contribution in [2.75, 3.05) is 13.9 Å². The first kappa shape index (κ1) is 16.6. The van der Waals surface area contributed by atoms with Crippen LogP contribution < -0.4 is 4.74 Å². The smallest absolute Gasteiger partial charge is 0.186 e. The number of methoxy groups -OCH3 is 1. The molecule has 0 unspecified atom stereocenters. The molecule has 0 aliphatic rings. The van der Waals surface area contributed by atoms with Gasteiger partial charge in [0.2, 0.25) is 0 Å². The zero-order valence-corrected chi connectivity index (χ0v) is 13.1. The monoisotopic (exact) mass is 308 g/mol. The lowest BCUT2D eigenvalue weighted by molar-refractivity contribution is 0.100. The van der Waals surface area contributed by atoms with Gasteiger partial charge in [-0.15, -0.1) is 0 Å². The van der Waals surface area contributed by atoms with E-state index in [-0.39, 0.29) is 6.79 Å². The minimum atomic E-state index is -0.284. The lowest BCUT2D eigenvalue weighted by atomic mass is 10.1. The first-order valence-corrected chi connectivity index (χ1v) is 7.26. The molecule has 0 fully saturated rings. The molecule has 0 bridgehead atoms. The second-order valence-corrected chi connectivity index (χ2v) is 4.74. The molecular formula is C20H20O3. The van der Waals surface area contributed by atoms with Crippen molar-refractivity contribution in [2.24, 2.45) is 0 Å². The van der Waals surface area contributed by atoms with Crippen molar-refractivity contribution in [3.8, 4) is 5.75 Å². The van der Waals surface area contributed by atoms with Gasteiger partial charge in [0.1, 0.15) is 11.5 Å². The van der Waals surface area contributed by atoms with Crippen LogP contribution in [0.1, 0.15) is 5.56 Å². The van der Waals surface area contributed by atoms with E-state index >= 15 is 0 Å². The molecule has 0 aliphatic carbocycles. The van der Waals surface area contributed by atoms with Gasteiger partial charge in [-0.3, -0.25) is 0 Å². The van der Waals surface area contributed by atoms with E-state index in [0.29, 0.717) is 5.76 Å². The fourth-order valence-electron chi connectivity index (χ4n) is 2.13. The van der Waals surface area contributed by atoms with Crippen molar-refractivity contribution >= 4 is 16.5 Å². The fraction of sp³-hybridized carbons (Fsp3) is 0.100. The van der Waals surface area contributed by atoms with Gasteiger partial charge in [0.15, 0.2) is 6.79 Å². The number of aliphatic hydroxyl groups is 1. The second-order valence-electron chi connectivity index (χ2n) is 4.74. The third-order valence-electron chi connectivity index (χ3n) is 3.31. The zero-order valence-electron chi connectivity index (χ0n) is 13.1. The van der Waals surface area contributed by atoms with Crippen LogP contribution >= 0.6 is 0 Å². The zero-order chi connectivity index (χ0) is 16.5. The van der Waals surface area contributed by atoms with Crippen molar-refractivity contribution in [3.63, 3.8) is 0 Å².